The molecule has 1 heterocycles. The van der Waals surface area contributed by atoms with Crippen molar-refractivity contribution in [3.63, 3.8) is 0 Å². The predicted molar refractivity (Wildman–Crippen MR) is 68.9 cm³/mol. The van der Waals surface area contributed by atoms with Crippen LogP contribution in [0.1, 0.15) is 27.7 Å². The molecule has 2 rings (SSSR count). The summed E-state index contributed by atoms with van der Waals surface area (Å²) in [5.41, 5.74) is 0.0903. The van der Waals surface area contributed by atoms with Crippen LogP contribution in [-0.2, 0) is 4.79 Å². The van der Waals surface area contributed by atoms with E-state index in [0.717, 1.165) is 0 Å². The molecule has 1 saturated carbocycles. The minimum absolute atomic E-state index is 0.0347. The van der Waals surface area contributed by atoms with E-state index in [-0.39, 0.29) is 22.7 Å². The lowest BCUT2D eigenvalue weighted by Gasteiger charge is -2.05. The smallest absolute Gasteiger partial charge is 0.229 e. The number of rotatable bonds is 2. The van der Waals surface area contributed by atoms with Gasteiger partial charge < -0.3 is 5.32 Å². The van der Waals surface area contributed by atoms with Gasteiger partial charge in [-0.05, 0) is 23.0 Å². The molecule has 0 aliphatic heterocycles. The van der Waals surface area contributed by atoms with Crippen molar-refractivity contribution < 1.29 is 4.79 Å². The van der Waals surface area contributed by atoms with Crippen molar-refractivity contribution in [3.8, 4) is 0 Å². The number of halogens is 1. The first kappa shape index (κ1) is 12.4. The number of carbonyl (C=O) groups is 1. The van der Waals surface area contributed by atoms with E-state index in [0.29, 0.717) is 10.8 Å². The molecule has 17 heavy (non-hydrogen) atoms. The molecule has 1 amide bonds. The molecule has 4 heteroatoms. The Morgan fingerprint density at radius 1 is 1.29 bits per heavy atom. The Balaban J connectivity index is 2.07. The highest BCUT2D eigenvalue weighted by atomic mass is 35.5. The van der Waals surface area contributed by atoms with Gasteiger partial charge in [0.15, 0.2) is 0 Å². The minimum Gasteiger partial charge on any atom is -0.310 e. The molecule has 92 valence electrons. The second-order valence-electron chi connectivity index (χ2n) is 5.73. The van der Waals surface area contributed by atoms with E-state index in [9.17, 15) is 4.79 Å². The van der Waals surface area contributed by atoms with Crippen molar-refractivity contribution in [2.24, 2.45) is 16.7 Å². The average Bonchev–Trinajstić information content (AvgIpc) is 2.61. The average molecular weight is 253 g/mol. The molecule has 1 aliphatic rings. The highest BCUT2D eigenvalue weighted by Crippen LogP contribution is 2.68. The van der Waals surface area contributed by atoms with Gasteiger partial charge in [-0.2, -0.15) is 0 Å². The molecule has 0 saturated heterocycles. The van der Waals surface area contributed by atoms with Crippen LogP contribution in [0.15, 0.2) is 18.3 Å². The first-order chi connectivity index (χ1) is 7.76. The van der Waals surface area contributed by atoms with Crippen LogP contribution in [-0.4, -0.2) is 10.9 Å². The fraction of sp³-hybridized carbons (Fsp3) is 0.538. The van der Waals surface area contributed by atoms with Gasteiger partial charge in [-0.25, -0.2) is 4.98 Å². The van der Waals surface area contributed by atoms with Gasteiger partial charge in [0.25, 0.3) is 0 Å². The fourth-order valence-corrected chi connectivity index (χ4v) is 2.61. The summed E-state index contributed by atoms with van der Waals surface area (Å²) in [6.07, 6.45) is 1.53. The number of hydrogen-bond donors (Lipinski definition) is 1. The number of anilines is 1. The van der Waals surface area contributed by atoms with Crippen LogP contribution in [0.2, 0.25) is 5.02 Å². The van der Waals surface area contributed by atoms with E-state index in [1.54, 1.807) is 12.1 Å². The maximum Gasteiger partial charge on any atom is 0.229 e. The van der Waals surface area contributed by atoms with Crippen LogP contribution >= 0.6 is 11.6 Å². The van der Waals surface area contributed by atoms with E-state index in [4.69, 9.17) is 11.6 Å². The number of carbonyl (C=O) groups excluding carboxylic acids is 1. The summed E-state index contributed by atoms with van der Waals surface area (Å²) >= 11 is 5.74. The molecule has 0 atom stereocenters. The molecule has 0 unspecified atom stereocenters. The zero-order valence-electron chi connectivity index (χ0n) is 10.5. The largest absolute Gasteiger partial charge is 0.310 e. The zero-order valence-corrected chi connectivity index (χ0v) is 11.3. The van der Waals surface area contributed by atoms with Crippen LogP contribution in [0.5, 0.6) is 0 Å². The highest BCUT2D eigenvalue weighted by Gasteiger charge is 2.68. The molecular weight excluding hydrogens is 236 g/mol. The molecule has 1 aromatic rings. The van der Waals surface area contributed by atoms with Crippen LogP contribution in [0.3, 0.4) is 0 Å². The van der Waals surface area contributed by atoms with Gasteiger partial charge in [-0.3, -0.25) is 4.79 Å². The van der Waals surface area contributed by atoms with E-state index in [1.165, 1.54) is 6.20 Å². The van der Waals surface area contributed by atoms with Gasteiger partial charge in [-0.1, -0.05) is 39.3 Å². The Labute approximate surface area is 107 Å². The fourth-order valence-electron chi connectivity index (χ4n) is 2.50. The normalized spacial score (nSPS) is 21.0. The molecule has 1 fully saturated rings. The van der Waals surface area contributed by atoms with Gasteiger partial charge >= 0.3 is 0 Å². The Kier molecular flexibility index (Phi) is 2.69. The summed E-state index contributed by atoms with van der Waals surface area (Å²) in [6, 6.07) is 3.43. The molecule has 0 radical (unpaired) electrons. The number of amides is 1. The van der Waals surface area contributed by atoms with Crippen LogP contribution in [0.25, 0.3) is 0 Å². The molecule has 1 N–H and O–H groups in total. The van der Waals surface area contributed by atoms with Crippen molar-refractivity contribution in [1.29, 1.82) is 0 Å². The first-order valence-electron chi connectivity index (χ1n) is 5.69. The number of pyridine rings is 1. The van der Waals surface area contributed by atoms with Crippen molar-refractivity contribution in [3.05, 3.63) is 23.4 Å². The van der Waals surface area contributed by atoms with Crippen molar-refractivity contribution in [2.45, 2.75) is 27.7 Å². The number of nitrogens with zero attached hydrogens (tertiary/aromatic N) is 1. The van der Waals surface area contributed by atoms with Crippen molar-refractivity contribution in [1.82, 2.24) is 4.98 Å². The van der Waals surface area contributed by atoms with Crippen LogP contribution in [0, 0.1) is 16.7 Å². The summed E-state index contributed by atoms with van der Waals surface area (Å²) in [6.45, 7) is 8.47. The Morgan fingerprint density at radius 3 is 2.29 bits per heavy atom. The van der Waals surface area contributed by atoms with Gasteiger partial charge in [0.1, 0.15) is 5.82 Å². The van der Waals surface area contributed by atoms with Crippen molar-refractivity contribution in [2.75, 3.05) is 5.32 Å². The lowest BCUT2D eigenvalue weighted by atomic mass is 10.0. The lowest BCUT2D eigenvalue weighted by Crippen LogP contribution is -2.18. The van der Waals surface area contributed by atoms with Gasteiger partial charge in [0.05, 0.1) is 5.02 Å². The van der Waals surface area contributed by atoms with Crippen LogP contribution in [0.4, 0.5) is 5.82 Å². The maximum absolute atomic E-state index is 12.1. The van der Waals surface area contributed by atoms with Crippen molar-refractivity contribution >= 4 is 23.3 Å². The molecule has 0 bridgehead atoms. The Bertz CT molecular complexity index is 437. The summed E-state index contributed by atoms with van der Waals surface area (Å²) in [5.74, 6) is 0.625. The van der Waals surface area contributed by atoms with E-state index in [1.807, 2.05) is 0 Å². The highest BCUT2D eigenvalue weighted by molar-refractivity contribution is 6.30. The lowest BCUT2D eigenvalue weighted by molar-refractivity contribution is -0.118. The van der Waals surface area contributed by atoms with Gasteiger partial charge in [-0.15, -0.1) is 0 Å². The number of aromatic nitrogens is 1. The quantitative estimate of drug-likeness (QED) is 0.877. The summed E-state index contributed by atoms with van der Waals surface area (Å²) in [5, 5.41) is 3.40. The second-order valence-corrected chi connectivity index (χ2v) is 6.16. The third-order valence-corrected chi connectivity index (χ3v) is 4.49. The molecular formula is C13H17ClN2O. The molecule has 3 nitrogen and oxygen atoms in total. The summed E-state index contributed by atoms with van der Waals surface area (Å²) in [7, 11) is 0. The standard InChI is InChI=1S/C13H17ClN2O/c1-12(2)10(13(12,3)4)11(17)16-9-6-5-8(14)7-15-9/h5-7,10H,1-4H3,(H,15,16,17). The molecule has 0 spiro atoms. The molecule has 1 aliphatic carbocycles. The van der Waals surface area contributed by atoms with E-state index in [2.05, 4.69) is 38.0 Å². The molecule has 1 aromatic heterocycles. The first-order valence-corrected chi connectivity index (χ1v) is 6.07. The Hall–Kier alpha value is -1.09. The SMILES string of the molecule is CC1(C)C(C(=O)Nc2ccc(Cl)cn2)C1(C)C. The second kappa shape index (κ2) is 3.70. The summed E-state index contributed by atoms with van der Waals surface area (Å²) < 4.78 is 0. The third kappa shape index (κ3) is 1.93. The molecule has 0 aromatic carbocycles. The van der Waals surface area contributed by atoms with Gasteiger partial charge in [0.2, 0.25) is 5.91 Å². The topological polar surface area (TPSA) is 42.0 Å². The minimum atomic E-state index is 0.0347. The predicted octanol–water partition coefficient (Wildman–Crippen LogP) is 3.36. The Morgan fingerprint density at radius 2 is 1.88 bits per heavy atom. The van der Waals surface area contributed by atoms with E-state index >= 15 is 0 Å². The van der Waals surface area contributed by atoms with Gasteiger partial charge in [0, 0.05) is 12.1 Å². The summed E-state index contributed by atoms with van der Waals surface area (Å²) in [4.78, 5) is 16.2. The third-order valence-electron chi connectivity index (χ3n) is 4.26. The maximum atomic E-state index is 12.1. The zero-order chi connectivity index (χ0) is 12.8. The van der Waals surface area contributed by atoms with E-state index < -0.39 is 0 Å². The number of nitrogens with one attached hydrogen (secondary N) is 1. The number of hydrogen-bond acceptors (Lipinski definition) is 2. The monoisotopic (exact) mass is 252 g/mol. The van der Waals surface area contributed by atoms with Crippen LogP contribution < -0.4 is 5.32 Å².